The van der Waals surface area contributed by atoms with Gasteiger partial charge >= 0.3 is 21.6 Å². The first-order valence-electron chi connectivity index (χ1n) is 15.2. The van der Waals surface area contributed by atoms with Crippen molar-refractivity contribution in [3.8, 4) is 5.75 Å². The van der Waals surface area contributed by atoms with Crippen LogP contribution in [0.1, 0.15) is 66.2 Å². The van der Waals surface area contributed by atoms with Crippen LogP contribution in [0.4, 0.5) is 27.6 Å². The zero-order valence-electron chi connectivity index (χ0n) is 27.2. The molecule has 50 heavy (non-hydrogen) atoms. The minimum atomic E-state index is -6.49. The van der Waals surface area contributed by atoms with Crippen LogP contribution in [0.5, 0.6) is 5.75 Å². The second-order valence-corrected chi connectivity index (χ2v) is 20.2. The fourth-order valence-corrected chi connectivity index (χ4v) is 11.5. The maximum atomic E-state index is 16.7. The summed E-state index contributed by atoms with van der Waals surface area (Å²) in [5, 5.41) is -0.723. The van der Waals surface area contributed by atoms with E-state index in [1.54, 1.807) is 43.4 Å². The van der Waals surface area contributed by atoms with Gasteiger partial charge in [0.1, 0.15) is 8.07 Å². The van der Waals surface area contributed by atoms with Gasteiger partial charge in [-0.1, -0.05) is 37.4 Å². The van der Waals surface area contributed by atoms with Crippen LogP contribution >= 0.6 is 0 Å². The maximum absolute atomic E-state index is 16.7. The first-order chi connectivity index (χ1) is 23.1. The summed E-state index contributed by atoms with van der Waals surface area (Å²) in [5.74, 6) is -6.00. The van der Waals surface area contributed by atoms with Crippen molar-refractivity contribution in [3.63, 3.8) is 0 Å². The Kier molecular flexibility index (Phi) is 8.28. The van der Waals surface area contributed by atoms with Gasteiger partial charge < -0.3 is 18.4 Å². The van der Waals surface area contributed by atoms with Crippen molar-refractivity contribution >= 4 is 62.0 Å². The van der Waals surface area contributed by atoms with Crippen molar-refractivity contribution in [2.75, 3.05) is 11.4 Å². The van der Waals surface area contributed by atoms with Crippen LogP contribution in [0.25, 0.3) is 5.57 Å². The second kappa shape index (κ2) is 11.5. The standard InChI is InChI=1S/C33H30F5NO8S2Si/c1-17-16-31(2,3)39(12-8-11-26(40)48(42)43)24-15-25-21(13-19(17)24)32(20-10-7-6-9-18(20)30(41)46-32)22-14-23(34)28(27(35)29(22)50(25,4)5)47-49(44,45)33(36,37)38/h6-7,9-10,13-16H,8,11-12H2,1-5H3,(H,42,43). The number of hydrogen-bond donors (Lipinski definition) is 1. The van der Waals surface area contributed by atoms with Crippen LogP contribution in [0, 0.1) is 11.6 Å². The Hall–Kier alpha value is -3.93. The minimum absolute atomic E-state index is 0.0882. The van der Waals surface area contributed by atoms with Gasteiger partial charge in [-0.3, -0.25) is 4.79 Å². The third-order valence-electron chi connectivity index (χ3n) is 9.56. The molecule has 3 aromatic carbocycles. The Morgan fingerprint density at radius 2 is 1.72 bits per heavy atom. The fourth-order valence-electron chi connectivity index (χ4n) is 7.43. The van der Waals surface area contributed by atoms with Gasteiger partial charge in [0.05, 0.1) is 11.1 Å². The van der Waals surface area contributed by atoms with E-state index in [-0.39, 0.29) is 41.3 Å². The van der Waals surface area contributed by atoms with Crippen molar-refractivity contribution in [3.05, 3.63) is 88.0 Å². The predicted octanol–water partition coefficient (Wildman–Crippen LogP) is 5.32. The van der Waals surface area contributed by atoms with Crippen LogP contribution in [-0.4, -0.2) is 53.9 Å². The molecule has 0 aromatic heterocycles. The molecule has 0 fully saturated rings. The number of ether oxygens (including phenoxy) is 1. The molecule has 0 aliphatic carbocycles. The number of fused-ring (bicyclic) bond motifs is 7. The lowest BCUT2D eigenvalue weighted by molar-refractivity contribution is -0.111. The van der Waals surface area contributed by atoms with Crippen LogP contribution in [0.3, 0.4) is 0 Å². The topological polar surface area (TPSA) is 127 Å². The lowest BCUT2D eigenvalue weighted by Crippen LogP contribution is -2.65. The summed E-state index contributed by atoms with van der Waals surface area (Å²) < 4.78 is 127. The number of anilines is 1. The van der Waals surface area contributed by atoms with Gasteiger partial charge in [-0.25, -0.2) is 17.8 Å². The fraction of sp³-hybridized carbons (Fsp3) is 0.333. The molecule has 3 heterocycles. The van der Waals surface area contributed by atoms with E-state index in [0.29, 0.717) is 28.1 Å². The lowest BCUT2D eigenvalue weighted by atomic mass is 9.77. The second-order valence-electron chi connectivity index (χ2n) is 13.4. The van der Waals surface area contributed by atoms with Crippen LogP contribution < -0.4 is 19.5 Å². The van der Waals surface area contributed by atoms with Gasteiger partial charge in [-0.05, 0) is 67.4 Å². The summed E-state index contributed by atoms with van der Waals surface area (Å²) in [5.41, 5.74) is -6.11. The molecular formula is C33H30F5NO8S2Si. The van der Waals surface area contributed by atoms with E-state index in [9.17, 15) is 39.9 Å². The molecule has 2 unspecified atom stereocenters. The Morgan fingerprint density at radius 3 is 2.36 bits per heavy atom. The number of nitrogens with zero attached hydrogens (tertiary/aromatic N) is 1. The zero-order valence-corrected chi connectivity index (χ0v) is 29.8. The zero-order chi connectivity index (χ0) is 36.9. The van der Waals surface area contributed by atoms with E-state index in [4.69, 9.17) is 4.74 Å². The molecule has 0 saturated heterocycles. The van der Waals surface area contributed by atoms with Gasteiger partial charge in [0, 0.05) is 40.9 Å². The molecule has 0 radical (unpaired) electrons. The van der Waals surface area contributed by atoms with E-state index in [1.165, 1.54) is 6.07 Å². The van der Waals surface area contributed by atoms with E-state index in [1.807, 2.05) is 31.7 Å². The van der Waals surface area contributed by atoms with Crippen LogP contribution in [0.15, 0.2) is 48.5 Å². The SMILES string of the molecule is CC1=CC(C)(C)N(CCCC(=O)S(=O)O)c2cc3c(cc21)C1(OC(=O)c2ccccc21)c1cc(F)c(OS(=O)(=O)C(F)(F)F)c(F)c1[Si]3(C)C. The number of carbonyl (C=O) groups is 2. The molecule has 3 aliphatic heterocycles. The highest BCUT2D eigenvalue weighted by molar-refractivity contribution is 7.95. The largest absolute Gasteiger partial charge is 0.534 e. The van der Waals surface area contributed by atoms with Crippen LogP contribution in [-0.2, 0) is 36.3 Å². The molecule has 9 nitrogen and oxygen atoms in total. The number of alkyl halides is 3. The Balaban J connectivity index is 1.66. The number of allylic oxidation sites excluding steroid dienone is 1. The molecule has 0 amide bonds. The molecule has 2 atom stereocenters. The third kappa shape index (κ3) is 5.23. The summed E-state index contributed by atoms with van der Waals surface area (Å²) in [7, 11) is -10.1. The molecule has 17 heteroatoms. The molecular weight excluding hydrogens is 726 g/mol. The minimum Gasteiger partial charge on any atom is -0.441 e. The lowest BCUT2D eigenvalue weighted by Gasteiger charge is -2.47. The summed E-state index contributed by atoms with van der Waals surface area (Å²) in [6.07, 6.45) is 1.97. The molecule has 0 saturated carbocycles. The first kappa shape index (κ1) is 35.9. The van der Waals surface area contributed by atoms with E-state index in [0.717, 1.165) is 5.57 Å². The maximum Gasteiger partial charge on any atom is 0.534 e. The van der Waals surface area contributed by atoms with Gasteiger partial charge in [-0.2, -0.15) is 21.6 Å². The first-order valence-corrected chi connectivity index (χ1v) is 20.7. The van der Waals surface area contributed by atoms with E-state index in [2.05, 4.69) is 4.18 Å². The van der Waals surface area contributed by atoms with E-state index < -0.39 is 74.4 Å². The summed E-state index contributed by atoms with van der Waals surface area (Å²) in [6, 6.07) is 10.4. The van der Waals surface area contributed by atoms with Crippen molar-refractivity contribution < 1.29 is 57.6 Å². The molecule has 1 spiro atoms. The molecule has 266 valence electrons. The van der Waals surface area contributed by atoms with Crippen LogP contribution in [0.2, 0.25) is 13.1 Å². The number of esters is 1. The summed E-state index contributed by atoms with van der Waals surface area (Å²) in [4.78, 5) is 27.4. The number of carbonyl (C=O) groups excluding carboxylic acids is 2. The number of hydrogen-bond acceptors (Lipinski definition) is 8. The third-order valence-corrected chi connectivity index (χ3v) is 14.6. The van der Waals surface area contributed by atoms with Gasteiger partial charge in [0.2, 0.25) is 21.9 Å². The number of halogens is 5. The van der Waals surface area contributed by atoms with Gasteiger partial charge in [0.25, 0.3) is 0 Å². The van der Waals surface area contributed by atoms with Crippen molar-refractivity contribution in [2.45, 2.75) is 63.4 Å². The monoisotopic (exact) mass is 755 g/mol. The molecule has 3 aliphatic rings. The highest BCUT2D eigenvalue weighted by atomic mass is 32.2. The summed E-state index contributed by atoms with van der Waals surface area (Å²) >= 11 is -2.64. The smallest absolute Gasteiger partial charge is 0.441 e. The molecule has 3 aromatic rings. The highest BCUT2D eigenvalue weighted by Gasteiger charge is 2.59. The Bertz CT molecular complexity index is 2180. The number of rotatable bonds is 6. The number of benzene rings is 3. The van der Waals surface area contributed by atoms with Crippen molar-refractivity contribution in [1.29, 1.82) is 0 Å². The average molecular weight is 756 g/mol. The molecule has 6 rings (SSSR count). The Labute approximate surface area is 287 Å². The summed E-state index contributed by atoms with van der Waals surface area (Å²) in [6.45, 7) is 9.20. The molecule has 0 bridgehead atoms. The van der Waals surface area contributed by atoms with Gasteiger partial charge in [-0.15, -0.1) is 0 Å². The normalized spacial score (nSPS) is 20.7. The van der Waals surface area contributed by atoms with E-state index >= 15 is 8.78 Å². The average Bonchev–Trinajstić information content (AvgIpc) is 3.30. The predicted molar refractivity (Wildman–Crippen MR) is 177 cm³/mol. The highest BCUT2D eigenvalue weighted by Crippen LogP contribution is 2.52. The van der Waals surface area contributed by atoms with Crippen molar-refractivity contribution in [2.24, 2.45) is 0 Å². The van der Waals surface area contributed by atoms with Gasteiger partial charge in [0.15, 0.2) is 17.2 Å². The van der Waals surface area contributed by atoms with Crippen molar-refractivity contribution in [1.82, 2.24) is 0 Å². The Morgan fingerprint density at radius 1 is 1.06 bits per heavy atom. The molecule has 1 N–H and O–H groups in total. The quantitative estimate of drug-likeness (QED) is 0.0889.